The molecule has 0 unspecified atom stereocenters. The highest BCUT2D eigenvalue weighted by atomic mass is 32.1. The van der Waals surface area contributed by atoms with Gasteiger partial charge in [0.25, 0.3) is 0 Å². The van der Waals surface area contributed by atoms with Crippen LogP contribution in [-0.2, 0) is 16.0 Å². The van der Waals surface area contributed by atoms with Gasteiger partial charge in [-0.2, -0.15) is 12.6 Å². The van der Waals surface area contributed by atoms with Gasteiger partial charge in [-0.05, 0) is 31.4 Å². The Bertz CT molecular complexity index is 632. The number of hydrogen-bond acceptors (Lipinski definition) is 6. The van der Waals surface area contributed by atoms with Gasteiger partial charge in [0.05, 0.1) is 0 Å². The van der Waals surface area contributed by atoms with Crippen molar-refractivity contribution in [3.8, 4) is 0 Å². The normalized spacial score (nSPS) is 13.8. The number of aliphatic carboxylic acids is 1. The van der Waals surface area contributed by atoms with Crippen LogP contribution in [-0.4, -0.2) is 60.0 Å². The zero-order valence-corrected chi connectivity index (χ0v) is 16.5. The third kappa shape index (κ3) is 9.07. The molecule has 3 amide bonds. The molecule has 9 nitrogen and oxygen atoms in total. The van der Waals surface area contributed by atoms with Gasteiger partial charge in [-0.15, -0.1) is 0 Å². The molecule has 28 heavy (non-hydrogen) atoms. The lowest BCUT2D eigenvalue weighted by atomic mass is 10.1. The monoisotopic (exact) mass is 411 g/mol. The van der Waals surface area contributed by atoms with E-state index in [0.29, 0.717) is 19.4 Å². The van der Waals surface area contributed by atoms with Gasteiger partial charge in [-0.25, -0.2) is 9.59 Å². The van der Waals surface area contributed by atoms with Gasteiger partial charge in [-0.3, -0.25) is 4.79 Å². The Balaban J connectivity index is 2.46. The van der Waals surface area contributed by atoms with Gasteiger partial charge >= 0.3 is 12.0 Å². The second-order valence-electron chi connectivity index (χ2n) is 6.37. The van der Waals surface area contributed by atoms with E-state index in [1.807, 2.05) is 30.3 Å². The molecule has 0 bridgehead atoms. The minimum absolute atomic E-state index is 0.0493. The van der Waals surface area contributed by atoms with Crippen LogP contribution in [0.3, 0.4) is 0 Å². The van der Waals surface area contributed by atoms with Gasteiger partial charge in [0.1, 0.15) is 12.1 Å². The van der Waals surface area contributed by atoms with Crippen LogP contribution in [0.1, 0.15) is 18.4 Å². The summed E-state index contributed by atoms with van der Waals surface area (Å²) in [6.45, 7) is 0.549. The zero-order chi connectivity index (χ0) is 20.9. The summed E-state index contributed by atoms with van der Waals surface area (Å²) in [4.78, 5) is 35.5. The average molecular weight is 412 g/mol. The number of amides is 3. The Kier molecular flexibility index (Phi) is 11.0. The van der Waals surface area contributed by atoms with E-state index in [9.17, 15) is 14.4 Å². The lowest BCUT2D eigenvalue weighted by Crippen LogP contribution is -2.55. The zero-order valence-electron chi connectivity index (χ0n) is 15.6. The number of hydrogen-bond donors (Lipinski definition) is 7. The van der Waals surface area contributed by atoms with E-state index in [4.69, 9.17) is 16.6 Å². The number of carboxylic acid groups (broad SMARTS) is 1. The molecule has 0 radical (unpaired) electrons. The molecule has 0 aliphatic heterocycles. The topological polar surface area (TPSA) is 160 Å². The lowest BCUT2D eigenvalue weighted by molar-refractivity contribution is -0.139. The maximum absolute atomic E-state index is 12.3. The fourth-order valence-corrected chi connectivity index (χ4v) is 2.73. The van der Waals surface area contributed by atoms with E-state index in [1.54, 1.807) is 0 Å². The maximum Gasteiger partial charge on any atom is 0.326 e. The summed E-state index contributed by atoms with van der Waals surface area (Å²) in [5.41, 5.74) is 12.5. The van der Waals surface area contributed by atoms with Crippen LogP contribution < -0.4 is 27.4 Å². The van der Waals surface area contributed by atoms with Crippen LogP contribution in [0.15, 0.2) is 30.3 Å². The Morgan fingerprint density at radius 3 is 2.32 bits per heavy atom. The van der Waals surface area contributed by atoms with E-state index >= 15 is 0 Å². The van der Waals surface area contributed by atoms with Gasteiger partial charge in [0, 0.05) is 18.3 Å². The molecule has 0 spiro atoms. The fraction of sp³-hybridized carbons (Fsp3) is 0.500. The van der Waals surface area contributed by atoms with Gasteiger partial charge in [0.2, 0.25) is 5.91 Å². The summed E-state index contributed by atoms with van der Waals surface area (Å²) >= 11 is 4.07. The molecule has 156 valence electrons. The molecule has 10 heteroatoms. The number of benzene rings is 1. The molecule has 0 saturated carbocycles. The minimum atomic E-state index is -1.16. The lowest BCUT2D eigenvalue weighted by Gasteiger charge is -2.20. The number of thiol groups is 1. The fourth-order valence-electron chi connectivity index (χ4n) is 2.48. The van der Waals surface area contributed by atoms with Crippen molar-refractivity contribution in [2.75, 3.05) is 18.8 Å². The first-order valence-electron chi connectivity index (χ1n) is 9.05. The average Bonchev–Trinajstić information content (AvgIpc) is 2.68. The molecular weight excluding hydrogens is 382 g/mol. The number of urea groups is 1. The van der Waals surface area contributed by atoms with Crippen LogP contribution in [0.5, 0.6) is 0 Å². The first-order chi connectivity index (χ1) is 13.4. The summed E-state index contributed by atoms with van der Waals surface area (Å²) in [5.74, 6) is -1.56. The number of carbonyl (C=O) groups excluding carboxylic acids is 2. The summed E-state index contributed by atoms with van der Waals surface area (Å²) < 4.78 is 0. The van der Waals surface area contributed by atoms with Crippen LogP contribution in [0, 0.1) is 0 Å². The van der Waals surface area contributed by atoms with Crippen LogP contribution >= 0.6 is 12.6 Å². The quantitative estimate of drug-likeness (QED) is 0.229. The van der Waals surface area contributed by atoms with E-state index < -0.39 is 30.0 Å². The third-order valence-electron chi connectivity index (χ3n) is 3.98. The van der Waals surface area contributed by atoms with E-state index in [2.05, 4.69) is 28.6 Å². The largest absolute Gasteiger partial charge is 0.480 e. The van der Waals surface area contributed by atoms with E-state index in [0.717, 1.165) is 5.56 Å². The van der Waals surface area contributed by atoms with Crippen molar-refractivity contribution in [3.63, 3.8) is 0 Å². The molecule has 0 saturated heterocycles. The molecule has 0 heterocycles. The summed E-state index contributed by atoms with van der Waals surface area (Å²) in [6, 6.07) is 6.61. The molecule has 0 aromatic heterocycles. The first-order valence-corrected chi connectivity index (χ1v) is 9.68. The van der Waals surface area contributed by atoms with E-state index in [1.165, 1.54) is 0 Å². The highest BCUT2D eigenvalue weighted by Crippen LogP contribution is 2.01. The Hall–Kier alpha value is -2.30. The number of nitrogens with one attached hydrogen (secondary N) is 3. The van der Waals surface area contributed by atoms with Crippen LogP contribution in [0.2, 0.25) is 0 Å². The predicted molar refractivity (Wildman–Crippen MR) is 110 cm³/mol. The standard InChI is InChI=1S/C18H29N5O4S/c19-8-4-7-14(17(25)26)22-18(27)23-15(11-28)16(24)21-10-13(20)9-12-5-2-1-3-6-12/h1-3,5-6,13-15,28H,4,7-11,19-20H2,(H,21,24)(H,25,26)(H2,22,23,27)/t13-,14+,15+/m1/s1. The van der Waals surface area contributed by atoms with Crippen LogP contribution in [0.4, 0.5) is 4.79 Å². The molecule has 0 aliphatic rings. The highest BCUT2D eigenvalue weighted by molar-refractivity contribution is 7.80. The Morgan fingerprint density at radius 1 is 1.11 bits per heavy atom. The van der Waals surface area contributed by atoms with Crippen molar-refractivity contribution in [3.05, 3.63) is 35.9 Å². The molecule has 8 N–H and O–H groups in total. The third-order valence-corrected chi connectivity index (χ3v) is 4.35. The van der Waals surface area contributed by atoms with Gasteiger partial charge in [0.15, 0.2) is 0 Å². The second-order valence-corrected chi connectivity index (χ2v) is 6.73. The predicted octanol–water partition coefficient (Wildman–Crippen LogP) is -0.538. The molecule has 1 rings (SSSR count). The summed E-state index contributed by atoms with van der Waals surface area (Å²) in [6.07, 6.45) is 1.25. The summed E-state index contributed by atoms with van der Waals surface area (Å²) in [5, 5.41) is 16.6. The van der Waals surface area contributed by atoms with Crippen molar-refractivity contribution in [2.45, 2.75) is 37.4 Å². The highest BCUT2D eigenvalue weighted by Gasteiger charge is 2.23. The maximum atomic E-state index is 12.3. The SMILES string of the molecule is NCCC[C@H](NC(=O)N[C@@H](CS)C(=O)NC[C@H](N)Cc1ccccc1)C(=O)O. The van der Waals surface area contributed by atoms with Crippen molar-refractivity contribution in [1.29, 1.82) is 0 Å². The number of carbonyl (C=O) groups is 3. The smallest absolute Gasteiger partial charge is 0.326 e. The number of nitrogens with two attached hydrogens (primary N) is 2. The molecular formula is C18H29N5O4S. The second kappa shape index (κ2) is 13.0. The van der Waals surface area contributed by atoms with Crippen molar-refractivity contribution < 1.29 is 19.5 Å². The minimum Gasteiger partial charge on any atom is -0.480 e. The van der Waals surface area contributed by atoms with Crippen molar-refractivity contribution >= 4 is 30.5 Å². The Labute approximate surface area is 170 Å². The Morgan fingerprint density at radius 2 is 1.75 bits per heavy atom. The number of carboxylic acids is 1. The van der Waals surface area contributed by atoms with Gasteiger partial charge < -0.3 is 32.5 Å². The van der Waals surface area contributed by atoms with Crippen molar-refractivity contribution in [2.24, 2.45) is 11.5 Å². The number of rotatable bonds is 12. The molecule has 1 aromatic carbocycles. The van der Waals surface area contributed by atoms with E-state index in [-0.39, 0.29) is 24.8 Å². The first kappa shape index (κ1) is 23.7. The molecule has 1 aromatic rings. The molecule has 0 fully saturated rings. The molecule has 3 atom stereocenters. The van der Waals surface area contributed by atoms with Crippen LogP contribution in [0.25, 0.3) is 0 Å². The van der Waals surface area contributed by atoms with Crippen molar-refractivity contribution in [1.82, 2.24) is 16.0 Å². The molecule has 0 aliphatic carbocycles. The summed E-state index contributed by atoms with van der Waals surface area (Å²) in [7, 11) is 0. The van der Waals surface area contributed by atoms with Gasteiger partial charge in [-0.1, -0.05) is 30.3 Å².